The fraction of sp³-hybridized carbons (Fsp3) is 0.160. The molecule has 0 radical (unpaired) electrons. The van der Waals surface area contributed by atoms with Crippen LogP contribution < -0.4 is 5.56 Å². The van der Waals surface area contributed by atoms with E-state index in [4.69, 9.17) is 4.98 Å². The second-order valence-electron chi connectivity index (χ2n) is 8.02. The van der Waals surface area contributed by atoms with Crippen LogP contribution >= 0.6 is 11.8 Å². The lowest BCUT2D eigenvalue weighted by Crippen LogP contribution is -2.32. The third-order valence-electron chi connectivity index (χ3n) is 5.85. The normalized spacial score (nSPS) is 14.5. The molecule has 0 saturated heterocycles. The van der Waals surface area contributed by atoms with E-state index in [0.29, 0.717) is 16.1 Å². The maximum absolute atomic E-state index is 13.5. The molecule has 0 atom stereocenters. The molecule has 0 aliphatic carbocycles. The lowest BCUT2D eigenvalue weighted by Gasteiger charge is -2.18. The zero-order valence-electron chi connectivity index (χ0n) is 18.6. The van der Waals surface area contributed by atoms with Crippen LogP contribution in [0.2, 0.25) is 0 Å². The standard InChI is InChI=1S/C25H21N3O4S2/c1-16-8-7-9-17(2)22(16)28-24(30)18-10-3-5-12-20(18)26-25(28)33-15-14-27-23(29)19-11-4-6-13-21(19)34(27,31)32/h3-13H,14-15H2,1-2H3. The first-order chi connectivity index (χ1) is 16.3. The first kappa shape index (κ1) is 22.4. The molecule has 1 aliphatic rings. The van der Waals surface area contributed by atoms with Crippen LogP contribution in [0, 0.1) is 13.8 Å². The number of aromatic nitrogens is 2. The molecule has 0 saturated carbocycles. The second kappa shape index (κ2) is 8.41. The number of hydrogen-bond acceptors (Lipinski definition) is 6. The van der Waals surface area contributed by atoms with Gasteiger partial charge in [0.2, 0.25) is 0 Å². The van der Waals surface area contributed by atoms with E-state index < -0.39 is 15.9 Å². The summed E-state index contributed by atoms with van der Waals surface area (Å²) in [5.41, 5.74) is 3.16. The van der Waals surface area contributed by atoms with Gasteiger partial charge in [0, 0.05) is 12.3 Å². The molecule has 9 heteroatoms. The predicted molar refractivity (Wildman–Crippen MR) is 132 cm³/mol. The topological polar surface area (TPSA) is 89.3 Å². The van der Waals surface area contributed by atoms with Crippen LogP contribution in [-0.4, -0.2) is 40.5 Å². The summed E-state index contributed by atoms with van der Waals surface area (Å²) in [4.78, 5) is 31.0. The summed E-state index contributed by atoms with van der Waals surface area (Å²) in [6, 6.07) is 19.2. The highest BCUT2D eigenvalue weighted by atomic mass is 32.2. The van der Waals surface area contributed by atoms with Crippen molar-refractivity contribution in [1.82, 2.24) is 13.9 Å². The van der Waals surface area contributed by atoms with E-state index in [1.54, 1.807) is 34.9 Å². The second-order valence-corrected chi connectivity index (χ2v) is 10.9. The Balaban J connectivity index is 1.53. The molecule has 34 heavy (non-hydrogen) atoms. The Kier molecular flexibility index (Phi) is 5.53. The molecular formula is C25H21N3O4S2. The summed E-state index contributed by atoms with van der Waals surface area (Å²) >= 11 is 1.25. The Bertz CT molecular complexity index is 1610. The molecule has 0 spiro atoms. The quantitative estimate of drug-likeness (QED) is 0.310. The van der Waals surface area contributed by atoms with Gasteiger partial charge in [0.25, 0.3) is 21.5 Å². The zero-order valence-corrected chi connectivity index (χ0v) is 20.2. The molecule has 172 valence electrons. The lowest BCUT2D eigenvalue weighted by atomic mass is 10.1. The molecule has 3 aromatic carbocycles. The lowest BCUT2D eigenvalue weighted by molar-refractivity contribution is 0.0876. The molecule has 1 aliphatic heterocycles. The van der Waals surface area contributed by atoms with Gasteiger partial charge in [0.15, 0.2) is 5.16 Å². The third-order valence-corrected chi connectivity index (χ3v) is 8.60. The molecular weight excluding hydrogens is 470 g/mol. The maximum Gasteiger partial charge on any atom is 0.269 e. The maximum atomic E-state index is 13.5. The zero-order chi connectivity index (χ0) is 24.0. The van der Waals surface area contributed by atoms with E-state index in [1.165, 1.54) is 23.9 Å². The van der Waals surface area contributed by atoms with Gasteiger partial charge in [-0.3, -0.25) is 14.2 Å². The van der Waals surface area contributed by atoms with Crippen molar-refractivity contribution in [3.8, 4) is 5.69 Å². The highest BCUT2D eigenvalue weighted by Gasteiger charge is 2.40. The summed E-state index contributed by atoms with van der Waals surface area (Å²) < 4.78 is 28.2. The van der Waals surface area contributed by atoms with Crippen molar-refractivity contribution in [1.29, 1.82) is 0 Å². The molecule has 5 rings (SSSR count). The fourth-order valence-corrected chi connectivity index (χ4v) is 6.84. The van der Waals surface area contributed by atoms with E-state index in [-0.39, 0.29) is 28.3 Å². The number of nitrogens with zero attached hydrogens (tertiary/aromatic N) is 3. The van der Waals surface area contributed by atoms with Gasteiger partial charge >= 0.3 is 0 Å². The van der Waals surface area contributed by atoms with E-state index in [0.717, 1.165) is 21.1 Å². The van der Waals surface area contributed by atoms with Crippen molar-refractivity contribution in [2.24, 2.45) is 0 Å². The molecule has 0 unspecified atom stereocenters. The number of thioether (sulfide) groups is 1. The van der Waals surface area contributed by atoms with Crippen molar-refractivity contribution in [2.75, 3.05) is 12.3 Å². The molecule has 4 aromatic rings. The number of carbonyl (C=O) groups excluding carboxylic acids is 1. The van der Waals surface area contributed by atoms with E-state index in [2.05, 4.69) is 0 Å². The third kappa shape index (κ3) is 3.52. The number of benzene rings is 3. The van der Waals surface area contributed by atoms with Crippen LogP contribution in [0.3, 0.4) is 0 Å². The highest BCUT2D eigenvalue weighted by Crippen LogP contribution is 2.31. The minimum Gasteiger partial charge on any atom is -0.268 e. The Labute approximate surface area is 201 Å². The number of sulfonamides is 1. The van der Waals surface area contributed by atoms with E-state index in [9.17, 15) is 18.0 Å². The van der Waals surface area contributed by atoms with Crippen LogP contribution in [0.5, 0.6) is 0 Å². The smallest absolute Gasteiger partial charge is 0.268 e. The van der Waals surface area contributed by atoms with E-state index in [1.807, 2.05) is 38.1 Å². The first-order valence-corrected chi connectivity index (χ1v) is 13.1. The van der Waals surface area contributed by atoms with Gasteiger partial charge in [-0.05, 0) is 49.2 Å². The van der Waals surface area contributed by atoms with Gasteiger partial charge < -0.3 is 0 Å². The predicted octanol–water partition coefficient (Wildman–Crippen LogP) is 3.94. The van der Waals surface area contributed by atoms with Crippen molar-refractivity contribution < 1.29 is 13.2 Å². The summed E-state index contributed by atoms with van der Waals surface area (Å²) in [6.07, 6.45) is 0. The number of aryl methyl sites for hydroxylation is 2. The Morgan fingerprint density at radius 1 is 0.882 bits per heavy atom. The summed E-state index contributed by atoms with van der Waals surface area (Å²) in [6.45, 7) is 3.84. The molecule has 7 nitrogen and oxygen atoms in total. The molecule has 0 fully saturated rings. The number of carbonyl (C=O) groups is 1. The van der Waals surface area contributed by atoms with Gasteiger partial charge in [-0.2, -0.15) is 0 Å². The molecule has 0 bridgehead atoms. The van der Waals surface area contributed by atoms with Crippen LogP contribution in [0.25, 0.3) is 16.6 Å². The summed E-state index contributed by atoms with van der Waals surface area (Å²) in [5.74, 6) is -0.288. The largest absolute Gasteiger partial charge is 0.269 e. The van der Waals surface area contributed by atoms with Crippen molar-refractivity contribution in [3.63, 3.8) is 0 Å². The minimum absolute atomic E-state index is 0.0290. The number of rotatable bonds is 5. The average Bonchev–Trinajstić information content (AvgIpc) is 3.01. The monoisotopic (exact) mass is 491 g/mol. The molecule has 0 N–H and O–H groups in total. The van der Waals surface area contributed by atoms with Crippen molar-refractivity contribution >= 4 is 38.6 Å². The molecule has 2 heterocycles. The van der Waals surface area contributed by atoms with Crippen molar-refractivity contribution in [3.05, 3.63) is 93.8 Å². The van der Waals surface area contributed by atoms with Crippen LogP contribution in [-0.2, 0) is 10.0 Å². The first-order valence-electron chi connectivity index (χ1n) is 10.7. The number of para-hydroxylation sites is 2. The van der Waals surface area contributed by atoms with Crippen molar-refractivity contribution in [2.45, 2.75) is 23.9 Å². The SMILES string of the molecule is Cc1cccc(C)c1-n1c(SCCN2C(=O)c3ccccc3S2(=O)=O)nc2ccccc2c1=O. The van der Waals surface area contributed by atoms with Gasteiger partial charge in [-0.1, -0.05) is 54.2 Å². The van der Waals surface area contributed by atoms with Gasteiger partial charge in [-0.15, -0.1) is 0 Å². The number of amides is 1. The number of fused-ring (bicyclic) bond motifs is 2. The van der Waals surface area contributed by atoms with Crippen LogP contribution in [0.15, 0.2) is 81.6 Å². The van der Waals surface area contributed by atoms with Gasteiger partial charge in [0.1, 0.15) is 4.90 Å². The van der Waals surface area contributed by atoms with Gasteiger partial charge in [-0.25, -0.2) is 17.7 Å². The highest BCUT2D eigenvalue weighted by molar-refractivity contribution is 7.99. The Morgan fingerprint density at radius 3 is 2.29 bits per heavy atom. The summed E-state index contributed by atoms with van der Waals surface area (Å²) in [7, 11) is -3.89. The summed E-state index contributed by atoms with van der Waals surface area (Å²) in [5, 5.41) is 0.949. The number of hydrogen-bond donors (Lipinski definition) is 0. The van der Waals surface area contributed by atoms with Crippen LogP contribution in [0.1, 0.15) is 21.5 Å². The Morgan fingerprint density at radius 2 is 1.56 bits per heavy atom. The molecule has 1 aromatic heterocycles. The molecule has 1 amide bonds. The van der Waals surface area contributed by atoms with Crippen LogP contribution in [0.4, 0.5) is 0 Å². The minimum atomic E-state index is -3.89. The Hall–Kier alpha value is -3.43. The average molecular weight is 492 g/mol. The fourth-order valence-electron chi connectivity index (χ4n) is 4.24. The van der Waals surface area contributed by atoms with Gasteiger partial charge in [0.05, 0.1) is 22.2 Å². The van der Waals surface area contributed by atoms with E-state index >= 15 is 0 Å².